The van der Waals surface area contributed by atoms with Crippen LogP contribution in [0.4, 0.5) is 4.39 Å². The number of carbonyl (C=O) groups is 1. The fraction of sp³-hybridized carbons (Fsp3) is 0.500. The van der Waals surface area contributed by atoms with Crippen LogP contribution in [-0.4, -0.2) is 17.4 Å². The summed E-state index contributed by atoms with van der Waals surface area (Å²) in [5.41, 5.74) is 0. The normalized spacial score (nSPS) is 25.1. The van der Waals surface area contributed by atoms with Crippen molar-refractivity contribution in [2.75, 3.05) is 0 Å². The van der Waals surface area contributed by atoms with Crippen LogP contribution in [0, 0.1) is 11.7 Å². The van der Waals surface area contributed by atoms with E-state index in [1.54, 1.807) is 0 Å². The van der Waals surface area contributed by atoms with Gasteiger partial charge in [0.05, 0.1) is 6.20 Å². The van der Waals surface area contributed by atoms with Crippen molar-refractivity contribution in [1.29, 1.82) is 0 Å². The predicted octanol–water partition coefficient (Wildman–Crippen LogP) is 2.36. The SMILES string of the molecule is O=C[C@H]1CC[C@@H](Oc2ccc(F)cn2)CC1. The summed E-state index contributed by atoms with van der Waals surface area (Å²) in [7, 11) is 0. The zero-order valence-corrected chi connectivity index (χ0v) is 8.93. The van der Waals surface area contributed by atoms with E-state index in [1.807, 2.05) is 0 Å². The summed E-state index contributed by atoms with van der Waals surface area (Å²) < 4.78 is 18.2. The third-order valence-electron chi connectivity index (χ3n) is 2.90. The summed E-state index contributed by atoms with van der Waals surface area (Å²) in [6.07, 6.45) is 5.74. The first kappa shape index (κ1) is 11.0. The third kappa shape index (κ3) is 2.78. The van der Waals surface area contributed by atoms with Crippen LogP contribution < -0.4 is 4.74 Å². The van der Waals surface area contributed by atoms with Gasteiger partial charge >= 0.3 is 0 Å². The lowest BCUT2D eigenvalue weighted by molar-refractivity contribution is -0.112. The van der Waals surface area contributed by atoms with Gasteiger partial charge in [0.15, 0.2) is 0 Å². The van der Waals surface area contributed by atoms with Crippen molar-refractivity contribution in [3.63, 3.8) is 0 Å². The Bertz CT molecular complexity index is 345. The van der Waals surface area contributed by atoms with Crippen LogP contribution in [0.15, 0.2) is 18.3 Å². The first-order chi connectivity index (χ1) is 7.78. The maximum Gasteiger partial charge on any atom is 0.213 e. The Kier molecular flexibility index (Phi) is 3.49. The molecule has 4 heteroatoms. The lowest BCUT2D eigenvalue weighted by Crippen LogP contribution is -2.24. The molecule has 2 rings (SSSR count). The van der Waals surface area contributed by atoms with Crippen LogP contribution in [0.1, 0.15) is 25.7 Å². The summed E-state index contributed by atoms with van der Waals surface area (Å²) in [5, 5.41) is 0. The van der Waals surface area contributed by atoms with Crippen LogP contribution in [0.3, 0.4) is 0 Å². The molecule has 1 aromatic heterocycles. The monoisotopic (exact) mass is 223 g/mol. The number of nitrogens with zero attached hydrogens (tertiary/aromatic N) is 1. The summed E-state index contributed by atoms with van der Waals surface area (Å²) >= 11 is 0. The van der Waals surface area contributed by atoms with E-state index in [2.05, 4.69) is 4.98 Å². The molecule has 0 bridgehead atoms. The van der Waals surface area contributed by atoms with Gasteiger partial charge in [-0.15, -0.1) is 0 Å². The number of carbonyl (C=O) groups excluding carboxylic acids is 1. The molecule has 1 aromatic rings. The van der Waals surface area contributed by atoms with Gasteiger partial charge in [-0.2, -0.15) is 0 Å². The number of hydrogen-bond acceptors (Lipinski definition) is 3. The number of halogens is 1. The van der Waals surface area contributed by atoms with Gasteiger partial charge in [-0.25, -0.2) is 9.37 Å². The number of aromatic nitrogens is 1. The van der Waals surface area contributed by atoms with Crippen molar-refractivity contribution >= 4 is 6.29 Å². The number of pyridine rings is 1. The first-order valence-electron chi connectivity index (χ1n) is 5.51. The molecule has 0 spiro atoms. The van der Waals surface area contributed by atoms with Crippen molar-refractivity contribution in [3.05, 3.63) is 24.1 Å². The zero-order chi connectivity index (χ0) is 11.4. The highest BCUT2D eigenvalue weighted by molar-refractivity contribution is 5.53. The van der Waals surface area contributed by atoms with Gasteiger partial charge in [-0.05, 0) is 31.7 Å². The molecular weight excluding hydrogens is 209 g/mol. The largest absolute Gasteiger partial charge is 0.474 e. The van der Waals surface area contributed by atoms with E-state index in [4.69, 9.17) is 4.74 Å². The lowest BCUT2D eigenvalue weighted by Gasteiger charge is -2.25. The number of rotatable bonds is 3. The Morgan fingerprint density at radius 3 is 2.62 bits per heavy atom. The molecular formula is C12H14FNO2. The van der Waals surface area contributed by atoms with E-state index in [0.717, 1.165) is 38.2 Å². The quantitative estimate of drug-likeness (QED) is 0.738. The molecule has 1 aliphatic rings. The van der Waals surface area contributed by atoms with Crippen LogP contribution in [0.5, 0.6) is 5.88 Å². The topological polar surface area (TPSA) is 39.2 Å². The Morgan fingerprint density at radius 2 is 2.06 bits per heavy atom. The lowest BCUT2D eigenvalue weighted by atomic mass is 9.88. The molecule has 0 amide bonds. The fourth-order valence-corrected chi connectivity index (χ4v) is 1.95. The van der Waals surface area contributed by atoms with Gasteiger partial charge in [0.1, 0.15) is 18.2 Å². The Morgan fingerprint density at radius 1 is 1.31 bits per heavy atom. The minimum Gasteiger partial charge on any atom is -0.474 e. The fourth-order valence-electron chi connectivity index (χ4n) is 1.95. The molecule has 1 heterocycles. The van der Waals surface area contributed by atoms with Crippen molar-refractivity contribution in [2.45, 2.75) is 31.8 Å². The third-order valence-corrected chi connectivity index (χ3v) is 2.90. The van der Waals surface area contributed by atoms with Gasteiger partial charge in [0, 0.05) is 12.0 Å². The predicted molar refractivity (Wildman–Crippen MR) is 56.6 cm³/mol. The Balaban J connectivity index is 1.86. The molecule has 0 aromatic carbocycles. The van der Waals surface area contributed by atoms with Gasteiger partial charge in [-0.3, -0.25) is 0 Å². The number of aldehydes is 1. The molecule has 0 atom stereocenters. The van der Waals surface area contributed by atoms with E-state index in [0.29, 0.717) is 5.88 Å². The van der Waals surface area contributed by atoms with Crippen molar-refractivity contribution < 1.29 is 13.9 Å². The second kappa shape index (κ2) is 5.05. The van der Waals surface area contributed by atoms with Gasteiger partial charge < -0.3 is 9.53 Å². The summed E-state index contributed by atoms with van der Waals surface area (Å²) in [4.78, 5) is 14.4. The number of ether oxygens (including phenoxy) is 1. The molecule has 0 aliphatic heterocycles. The first-order valence-corrected chi connectivity index (χ1v) is 5.51. The highest BCUT2D eigenvalue weighted by Crippen LogP contribution is 2.25. The molecule has 86 valence electrons. The smallest absolute Gasteiger partial charge is 0.213 e. The van der Waals surface area contributed by atoms with E-state index >= 15 is 0 Å². The molecule has 16 heavy (non-hydrogen) atoms. The molecule has 0 N–H and O–H groups in total. The van der Waals surface area contributed by atoms with E-state index < -0.39 is 0 Å². The molecule has 0 saturated heterocycles. The number of hydrogen-bond donors (Lipinski definition) is 0. The van der Waals surface area contributed by atoms with Crippen LogP contribution in [0.25, 0.3) is 0 Å². The standard InChI is InChI=1S/C12H14FNO2/c13-10-3-6-12(14-7-10)16-11-4-1-9(8-15)2-5-11/h3,6-9,11H,1-2,4-5H2/t9-,11+. The van der Waals surface area contributed by atoms with E-state index in [1.165, 1.54) is 12.1 Å². The van der Waals surface area contributed by atoms with Crippen molar-refractivity contribution in [3.8, 4) is 5.88 Å². The highest BCUT2D eigenvalue weighted by Gasteiger charge is 2.22. The van der Waals surface area contributed by atoms with Gasteiger partial charge in [0.25, 0.3) is 0 Å². The van der Waals surface area contributed by atoms with Crippen LogP contribution in [0.2, 0.25) is 0 Å². The maximum absolute atomic E-state index is 12.6. The van der Waals surface area contributed by atoms with Gasteiger partial charge in [-0.1, -0.05) is 0 Å². The molecule has 3 nitrogen and oxygen atoms in total. The van der Waals surface area contributed by atoms with Gasteiger partial charge in [0.2, 0.25) is 5.88 Å². The average molecular weight is 223 g/mol. The second-order valence-corrected chi connectivity index (χ2v) is 4.11. The second-order valence-electron chi connectivity index (χ2n) is 4.11. The minimum atomic E-state index is -0.364. The summed E-state index contributed by atoms with van der Waals surface area (Å²) in [5.74, 6) is 0.272. The summed E-state index contributed by atoms with van der Waals surface area (Å²) in [6.45, 7) is 0. The zero-order valence-electron chi connectivity index (χ0n) is 8.93. The maximum atomic E-state index is 12.6. The summed E-state index contributed by atoms with van der Waals surface area (Å²) in [6, 6.07) is 2.86. The van der Waals surface area contributed by atoms with E-state index in [-0.39, 0.29) is 17.8 Å². The van der Waals surface area contributed by atoms with Crippen molar-refractivity contribution in [2.24, 2.45) is 5.92 Å². The molecule has 0 unspecified atom stereocenters. The average Bonchev–Trinajstić information content (AvgIpc) is 2.33. The van der Waals surface area contributed by atoms with E-state index in [9.17, 15) is 9.18 Å². The molecule has 1 saturated carbocycles. The Hall–Kier alpha value is -1.45. The highest BCUT2D eigenvalue weighted by atomic mass is 19.1. The van der Waals surface area contributed by atoms with Crippen molar-refractivity contribution in [1.82, 2.24) is 4.98 Å². The molecule has 1 aliphatic carbocycles. The minimum absolute atomic E-state index is 0.106. The molecule has 0 radical (unpaired) electrons. The Labute approximate surface area is 93.6 Å². The molecule has 1 fully saturated rings. The van der Waals surface area contributed by atoms with Crippen LogP contribution >= 0.6 is 0 Å². The van der Waals surface area contributed by atoms with Crippen LogP contribution in [-0.2, 0) is 4.79 Å².